The van der Waals surface area contributed by atoms with Gasteiger partial charge in [0.15, 0.2) is 0 Å². The number of hydrogen-bond acceptors (Lipinski definition) is 4. The molecule has 0 spiro atoms. The highest BCUT2D eigenvalue weighted by atomic mass is 32.1. The van der Waals surface area contributed by atoms with Crippen molar-refractivity contribution in [3.8, 4) is 11.1 Å². The van der Waals surface area contributed by atoms with Gasteiger partial charge in [0.05, 0.1) is 16.4 Å². The van der Waals surface area contributed by atoms with Crippen LogP contribution in [0.4, 0.5) is 10.5 Å². The molecular formula is C23H26N4OS. The van der Waals surface area contributed by atoms with E-state index in [-0.39, 0.29) is 6.03 Å². The average molecular weight is 407 g/mol. The summed E-state index contributed by atoms with van der Waals surface area (Å²) in [7, 11) is 0. The monoisotopic (exact) mass is 406 g/mol. The number of carbonyl (C=O) groups is 1. The van der Waals surface area contributed by atoms with E-state index in [4.69, 9.17) is 0 Å². The molecule has 0 atom stereocenters. The maximum absolute atomic E-state index is 13.0. The third-order valence-corrected chi connectivity index (χ3v) is 6.00. The van der Waals surface area contributed by atoms with Crippen LogP contribution < -0.4 is 5.32 Å². The zero-order chi connectivity index (χ0) is 20.1. The van der Waals surface area contributed by atoms with Crippen LogP contribution in [0.1, 0.15) is 17.1 Å². The Kier molecular flexibility index (Phi) is 6.22. The number of hydrogen-bond donors (Lipinski definition) is 1. The van der Waals surface area contributed by atoms with Crippen molar-refractivity contribution in [2.45, 2.75) is 19.9 Å². The fourth-order valence-electron chi connectivity index (χ4n) is 3.70. The van der Waals surface area contributed by atoms with E-state index in [2.05, 4.69) is 32.7 Å². The van der Waals surface area contributed by atoms with Crippen LogP contribution in [0.3, 0.4) is 0 Å². The van der Waals surface area contributed by atoms with Gasteiger partial charge in [-0.3, -0.25) is 4.90 Å². The van der Waals surface area contributed by atoms with Crippen LogP contribution in [-0.2, 0) is 6.54 Å². The summed E-state index contributed by atoms with van der Waals surface area (Å²) >= 11 is 1.69. The first kappa shape index (κ1) is 19.6. The van der Waals surface area contributed by atoms with Crippen molar-refractivity contribution in [3.05, 3.63) is 70.7 Å². The van der Waals surface area contributed by atoms with Crippen molar-refractivity contribution >= 4 is 23.1 Å². The molecule has 1 aromatic heterocycles. The fraction of sp³-hybridized carbons (Fsp3) is 0.304. The van der Waals surface area contributed by atoms with E-state index in [0.717, 1.165) is 66.7 Å². The van der Waals surface area contributed by atoms with E-state index >= 15 is 0 Å². The number of benzene rings is 2. The Balaban J connectivity index is 1.39. The SMILES string of the molecule is Cc1nc(CN2CCCN(C(=O)Nc3ccccc3-c3ccccc3)CC2)cs1. The van der Waals surface area contributed by atoms with E-state index in [9.17, 15) is 4.79 Å². The molecule has 4 rings (SSSR count). The van der Waals surface area contributed by atoms with E-state index in [1.165, 1.54) is 0 Å². The number of aryl methyl sites for hydroxylation is 1. The molecule has 0 radical (unpaired) electrons. The normalized spacial score (nSPS) is 15.1. The second-order valence-corrected chi connectivity index (χ2v) is 8.38. The molecular weight excluding hydrogens is 380 g/mol. The lowest BCUT2D eigenvalue weighted by Crippen LogP contribution is -2.38. The molecule has 1 N–H and O–H groups in total. The maximum atomic E-state index is 13.0. The van der Waals surface area contributed by atoms with E-state index < -0.39 is 0 Å². The van der Waals surface area contributed by atoms with Crippen molar-refractivity contribution in [2.75, 3.05) is 31.5 Å². The molecule has 5 nitrogen and oxygen atoms in total. The van der Waals surface area contributed by atoms with E-state index in [1.807, 2.05) is 54.3 Å². The molecule has 29 heavy (non-hydrogen) atoms. The van der Waals surface area contributed by atoms with E-state index in [1.54, 1.807) is 11.3 Å². The highest BCUT2D eigenvalue weighted by molar-refractivity contribution is 7.09. The quantitative estimate of drug-likeness (QED) is 0.673. The molecule has 150 valence electrons. The molecule has 1 aliphatic rings. The number of rotatable bonds is 4. The van der Waals surface area contributed by atoms with Gasteiger partial charge in [0, 0.05) is 43.7 Å². The Labute approximate surface area is 176 Å². The fourth-order valence-corrected chi connectivity index (χ4v) is 4.30. The first-order valence-electron chi connectivity index (χ1n) is 10.0. The van der Waals surface area contributed by atoms with Gasteiger partial charge in [-0.2, -0.15) is 0 Å². The molecule has 0 aliphatic carbocycles. The summed E-state index contributed by atoms with van der Waals surface area (Å²) < 4.78 is 0. The maximum Gasteiger partial charge on any atom is 0.321 e. The molecule has 1 aliphatic heterocycles. The molecule has 2 amide bonds. The number of aromatic nitrogens is 1. The molecule has 6 heteroatoms. The van der Waals surface area contributed by atoms with Crippen molar-refractivity contribution in [3.63, 3.8) is 0 Å². The lowest BCUT2D eigenvalue weighted by Gasteiger charge is -2.22. The lowest BCUT2D eigenvalue weighted by molar-refractivity contribution is 0.211. The van der Waals surface area contributed by atoms with Crippen molar-refractivity contribution in [1.82, 2.24) is 14.8 Å². The van der Waals surface area contributed by atoms with Crippen LogP contribution >= 0.6 is 11.3 Å². The molecule has 2 aromatic carbocycles. The number of thiazole rings is 1. The number of urea groups is 1. The number of para-hydroxylation sites is 1. The van der Waals surface area contributed by atoms with Gasteiger partial charge in [0.2, 0.25) is 0 Å². The van der Waals surface area contributed by atoms with E-state index in [0.29, 0.717) is 0 Å². The Bertz CT molecular complexity index is 956. The van der Waals surface area contributed by atoms with Crippen molar-refractivity contribution < 1.29 is 4.79 Å². The first-order chi connectivity index (χ1) is 14.2. The Morgan fingerprint density at radius 2 is 1.83 bits per heavy atom. The van der Waals surface area contributed by atoms with Gasteiger partial charge in [-0.25, -0.2) is 9.78 Å². The number of nitrogens with zero attached hydrogens (tertiary/aromatic N) is 3. The minimum Gasteiger partial charge on any atom is -0.323 e. The summed E-state index contributed by atoms with van der Waals surface area (Å²) in [6, 6.07) is 18.1. The van der Waals surface area contributed by atoms with Gasteiger partial charge in [0.25, 0.3) is 0 Å². The second-order valence-electron chi connectivity index (χ2n) is 7.32. The summed E-state index contributed by atoms with van der Waals surface area (Å²) in [5.41, 5.74) is 4.12. The Hall–Kier alpha value is -2.70. The highest BCUT2D eigenvalue weighted by Crippen LogP contribution is 2.27. The van der Waals surface area contributed by atoms with Gasteiger partial charge in [-0.15, -0.1) is 11.3 Å². The predicted molar refractivity (Wildman–Crippen MR) is 119 cm³/mol. The number of nitrogens with one attached hydrogen (secondary N) is 1. The topological polar surface area (TPSA) is 48.5 Å². The summed E-state index contributed by atoms with van der Waals surface area (Å²) in [5, 5.41) is 6.37. The first-order valence-corrected chi connectivity index (χ1v) is 10.9. The van der Waals surface area contributed by atoms with Gasteiger partial charge in [-0.1, -0.05) is 48.5 Å². The summed E-state index contributed by atoms with van der Waals surface area (Å²) in [4.78, 5) is 21.8. The minimum atomic E-state index is -0.0280. The third-order valence-electron chi connectivity index (χ3n) is 5.18. The summed E-state index contributed by atoms with van der Waals surface area (Å²) in [6.45, 7) is 6.24. The van der Waals surface area contributed by atoms with Gasteiger partial charge >= 0.3 is 6.03 Å². The standard InChI is InChI=1S/C23H26N4OS/c1-18-24-20(17-29-18)16-26-12-7-13-27(15-14-26)23(28)25-22-11-6-5-10-21(22)19-8-3-2-4-9-19/h2-6,8-11,17H,7,12-16H2,1H3,(H,25,28). The zero-order valence-electron chi connectivity index (χ0n) is 16.7. The highest BCUT2D eigenvalue weighted by Gasteiger charge is 2.20. The van der Waals surface area contributed by atoms with Crippen molar-refractivity contribution in [2.24, 2.45) is 0 Å². The third kappa shape index (κ3) is 5.02. The lowest BCUT2D eigenvalue weighted by atomic mass is 10.0. The second kappa shape index (κ2) is 9.20. The molecule has 2 heterocycles. The summed E-state index contributed by atoms with van der Waals surface area (Å²) in [6.07, 6.45) is 0.969. The van der Waals surface area contributed by atoms with Gasteiger partial charge in [0.1, 0.15) is 0 Å². The zero-order valence-corrected chi connectivity index (χ0v) is 17.5. The Morgan fingerprint density at radius 1 is 1.03 bits per heavy atom. The minimum absolute atomic E-state index is 0.0280. The van der Waals surface area contributed by atoms with Crippen LogP contribution in [0, 0.1) is 6.92 Å². The van der Waals surface area contributed by atoms with Crippen LogP contribution in [0.5, 0.6) is 0 Å². The molecule has 1 saturated heterocycles. The number of amides is 2. The van der Waals surface area contributed by atoms with Gasteiger partial charge < -0.3 is 10.2 Å². The van der Waals surface area contributed by atoms with Crippen LogP contribution in [0.25, 0.3) is 11.1 Å². The summed E-state index contributed by atoms with van der Waals surface area (Å²) in [5.74, 6) is 0. The van der Waals surface area contributed by atoms with Crippen molar-refractivity contribution in [1.29, 1.82) is 0 Å². The smallest absolute Gasteiger partial charge is 0.321 e. The number of carbonyl (C=O) groups excluding carboxylic acids is 1. The van der Waals surface area contributed by atoms with Crippen LogP contribution in [-0.4, -0.2) is 47.0 Å². The van der Waals surface area contributed by atoms with Gasteiger partial charge in [-0.05, 0) is 25.0 Å². The average Bonchev–Trinajstić information content (AvgIpc) is 3.01. The number of anilines is 1. The van der Waals surface area contributed by atoms with Crippen LogP contribution in [0.15, 0.2) is 60.0 Å². The molecule has 0 bridgehead atoms. The largest absolute Gasteiger partial charge is 0.323 e. The predicted octanol–water partition coefficient (Wildman–Crippen LogP) is 4.86. The van der Waals surface area contributed by atoms with Crippen LogP contribution in [0.2, 0.25) is 0 Å². The molecule has 0 unspecified atom stereocenters. The molecule has 3 aromatic rings. The molecule has 0 saturated carbocycles. The molecule has 1 fully saturated rings. The Morgan fingerprint density at radius 3 is 2.62 bits per heavy atom.